The van der Waals surface area contributed by atoms with Gasteiger partial charge >= 0.3 is 0 Å². The van der Waals surface area contributed by atoms with E-state index >= 15 is 0 Å². The highest BCUT2D eigenvalue weighted by molar-refractivity contribution is 5.09. The van der Waals surface area contributed by atoms with E-state index < -0.39 is 0 Å². The highest BCUT2D eigenvalue weighted by atomic mass is 15.2. The third kappa shape index (κ3) is 4.53. The summed E-state index contributed by atoms with van der Waals surface area (Å²) in [6, 6.07) is 2.43. The van der Waals surface area contributed by atoms with Gasteiger partial charge in [-0.3, -0.25) is 5.32 Å². The number of piperidine rings is 1. The molecule has 6 nitrogen and oxygen atoms in total. The van der Waals surface area contributed by atoms with E-state index in [4.69, 9.17) is 5.53 Å². The molecule has 1 heterocycles. The minimum atomic E-state index is -0.374. The molecule has 0 aliphatic carbocycles. The Morgan fingerprint density at radius 1 is 1.50 bits per heavy atom. The summed E-state index contributed by atoms with van der Waals surface area (Å²) in [5.41, 5.74) is 7.80. The fourth-order valence-electron chi connectivity index (χ4n) is 2.32. The van der Waals surface area contributed by atoms with E-state index in [0.717, 1.165) is 45.4 Å². The molecule has 1 fully saturated rings. The normalized spacial score (nSPS) is 18.9. The number of hydrogen-bond acceptors (Lipinski definition) is 4. The van der Waals surface area contributed by atoms with Crippen LogP contribution in [0.3, 0.4) is 0 Å². The molecule has 0 saturated carbocycles. The zero-order valence-corrected chi connectivity index (χ0v) is 11.1. The first-order chi connectivity index (χ1) is 8.76. The summed E-state index contributed by atoms with van der Waals surface area (Å²) in [6.07, 6.45) is 3.71. The minimum absolute atomic E-state index is 0.374. The summed E-state index contributed by atoms with van der Waals surface area (Å²) < 4.78 is 0. The molecule has 6 heteroatoms. The SMILES string of the molecule is CCCN1CCC(C#N)(NCCCN=[N+]=[N-])CC1. The zero-order valence-electron chi connectivity index (χ0n) is 11.1. The lowest BCUT2D eigenvalue weighted by atomic mass is 9.89. The fraction of sp³-hybridized carbons (Fsp3) is 0.917. The molecule has 1 aliphatic heterocycles. The molecular formula is C12H22N6. The Balaban J connectivity index is 2.32. The molecule has 0 spiro atoms. The van der Waals surface area contributed by atoms with Crippen LogP contribution >= 0.6 is 0 Å². The van der Waals surface area contributed by atoms with E-state index in [9.17, 15) is 5.26 Å². The molecule has 0 aromatic rings. The van der Waals surface area contributed by atoms with Gasteiger partial charge in [-0.25, -0.2) is 0 Å². The second kappa shape index (κ2) is 7.93. The lowest BCUT2D eigenvalue weighted by Crippen LogP contribution is -2.52. The van der Waals surface area contributed by atoms with E-state index in [0.29, 0.717) is 6.54 Å². The molecule has 0 unspecified atom stereocenters. The minimum Gasteiger partial charge on any atom is -0.303 e. The lowest BCUT2D eigenvalue weighted by molar-refractivity contribution is 0.167. The van der Waals surface area contributed by atoms with Gasteiger partial charge in [0.05, 0.1) is 6.07 Å². The van der Waals surface area contributed by atoms with E-state index in [2.05, 4.69) is 33.2 Å². The highest BCUT2D eigenvalue weighted by Gasteiger charge is 2.33. The molecule has 1 rings (SSSR count). The second-order valence-electron chi connectivity index (χ2n) is 4.77. The van der Waals surface area contributed by atoms with Crippen LogP contribution in [-0.2, 0) is 0 Å². The van der Waals surface area contributed by atoms with Crippen LogP contribution in [0.5, 0.6) is 0 Å². The molecule has 1 saturated heterocycles. The summed E-state index contributed by atoms with van der Waals surface area (Å²) in [5, 5.41) is 16.2. The van der Waals surface area contributed by atoms with Crippen molar-refractivity contribution < 1.29 is 0 Å². The topological polar surface area (TPSA) is 87.8 Å². The molecule has 18 heavy (non-hydrogen) atoms. The van der Waals surface area contributed by atoms with Crippen molar-refractivity contribution in [2.24, 2.45) is 5.11 Å². The fourth-order valence-corrected chi connectivity index (χ4v) is 2.32. The van der Waals surface area contributed by atoms with Crippen molar-refractivity contribution in [2.75, 3.05) is 32.7 Å². The number of nitrogens with zero attached hydrogens (tertiary/aromatic N) is 5. The molecule has 1 N–H and O–H groups in total. The third-order valence-corrected chi connectivity index (χ3v) is 3.42. The van der Waals surface area contributed by atoms with E-state index in [1.807, 2.05) is 0 Å². The third-order valence-electron chi connectivity index (χ3n) is 3.42. The first-order valence-electron chi connectivity index (χ1n) is 6.66. The number of hydrogen-bond donors (Lipinski definition) is 1. The van der Waals surface area contributed by atoms with Crippen LogP contribution in [0.2, 0.25) is 0 Å². The van der Waals surface area contributed by atoms with Gasteiger partial charge in [-0.2, -0.15) is 5.26 Å². The summed E-state index contributed by atoms with van der Waals surface area (Å²) in [7, 11) is 0. The van der Waals surface area contributed by atoms with Crippen molar-refractivity contribution in [3.8, 4) is 6.07 Å². The summed E-state index contributed by atoms with van der Waals surface area (Å²) >= 11 is 0. The van der Waals surface area contributed by atoms with Gasteiger partial charge in [-0.15, -0.1) is 0 Å². The largest absolute Gasteiger partial charge is 0.303 e. The van der Waals surface area contributed by atoms with Crippen LogP contribution in [0.15, 0.2) is 5.11 Å². The van der Waals surface area contributed by atoms with Gasteiger partial charge in [-0.05, 0) is 44.3 Å². The van der Waals surface area contributed by atoms with Crippen LogP contribution in [0.1, 0.15) is 32.6 Å². The average molecular weight is 250 g/mol. The van der Waals surface area contributed by atoms with Gasteiger partial charge < -0.3 is 4.90 Å². The Morgan fingerprint density at radius 3 is 2.78 bits per heavy atom. The molecule has 0 aromatic heterocycles. The van der Waals surface area contributed by atoms with Gasteiger partial charge in [0.15, 0.2) is 0 Å². The lowest BCUT2D eigenvalue weighted by Gasteiger charge is -2.37. The monoisotopic (exact) mass is 250 g/mol. The van der Waals surface area contributed by atoms with Crippen molar-refractivity contribution >= 4 is 0 Å². The van der Waals surface area contributed by atoms with Crippen LogP contribution in [0, 0.1) is 11.3 Å². The summed E-state index contributed by atoms with van der Waals surface area (Å²) in [5.74, 6) is 0. The van der Waals surface area contributed by atoms with Gasteiger partial charge in [0.2, 0.25) is 0 Å². The number of rotatable bonds is 7. The zero-order chi connectivity index (χ0) is 13.3. The Kier molecular flexibility index (Phi) is 6.51. The number of nitrogens with one attached hydrogen (secondary N) is 1. The van der Waals surface area contributed by atoms with Crippen molar-refractivity contribution in [1.82, 2.24) is 10.2 Å². The maximum Gasteiger partial charge on any atom is 0.109 e. The molecule has 0 bridgehead atoms. The van der Waals surface area contributed by atoms with Crippen LogP contribution < -0.4 is 5.32 Å². The molecule has 0 amide bonds. The number of nitriles is 1. The first-order valence-corrected chi connectivity index (χ1v) is 6.66. The Labute approximate surface area is 109 Å². The molecule has 0 radical (unpaired) electrons. The van der Waals surface area contributed by atoms with Crippen molar-refractivity contribution in [3.05, 3.63) is 10.4 Å². The standard InChI is InChI=1S/C12H22N6/c1-2-8-18-9-4-12(11-13,5-10-18)15-6-3-7-16-17-14/h15H,2-10H2,1H3. The molecular weight excluding hydrogens is 228 g/mol. The van der Waals surface area contributed by atoms with Crippen molar-refractivity contribution in [2.45, 2.75) is 38.1 Å². The van der Waals surface area contributed by atoms with Gasteiger partial charge in [0, 0.05) is 24.5 Å². The molecule has 0 aromatic carbocycles. The Morgan fingerprint density at radius 2 is 2.22 bits per heavy atom. The highest BCUT2D eigenvalue weighted by Crippen LogP contribution is 2.21. The Bertz CT molecular complexity index is 320. The second-order valence-corrected chi connectivity index (χ2v) is 4.77. The molecule has 100 valence electrons. The van der Waals surface area contributed by atoms with Crippen LogP contribution in [0.25, 0.3) is 10.4 Å². The van der Waals surface area contributed by atoms with Crippen LogP contribution in [-0.4, -0.2) is 43.2 Å². The first kappa shape index (κ1) is 14.8. The number of likely N-dealkylation sites (tertiary alicyclic amines) is 1. The van der Waals surface area contributed by atoms with Crippen molar-refractivity contribution in [1.29, 1.82) is 5.26 Å². The van der Waals surface area contributed by atoms with Gasteiger partial charge in [0.25, 0.3) is 0 Å². The van der Waals surface area contributed by atoms with Gasteiger partial charge in [0.1, 0.15) is 5.54 Å². The quantitative estimate of drug-likeness (QED) is 0.324. The molecule has 0 atom stereocenters. The van der Waals surface area contributed by atoms with E-state index in [1.165, 1.54) is 6.42 Å². The Hall–Kier alpha value is -1.28. The summed E-state index contributed by atoms with van der Waals surface area (Å²) in [4.78, 5) is 5.13. The van der Waals surface area contributed by atoms with Crippen molar-refractivity contribution in [3.63, 3.8) is 0 Å². The predicted molar refractivity (Wildman–Crippen MR) is 70.9 cm³/mol. The van der Waals surface area contributed by atoms with E-state index in [-0.39, 0.29) is 5.54 Å². The average Bonchev–Trinajstić information content (AvgIpc) is 2.41. The predicted octanol–water partition coefficient (Wildman–Crippen LogP) is 2.04. The number of azide groups is 1. The summed E-state index contributed by atoms with van der Waals surface area (Å²) in [6.45, 7) is 6.52. The maximum absolute atomic E-state index is 9.35. The molecule has 1 aliphatic rings. The maximum atomic E-state index is 9.35. The smallest absolute Gasteiger partial charge is 0.109 e. The van der Waals surface area contributed by atoms with Crippen LogP contribution in [0.4, 0.5) is 0 Å². The van der Waals surface area contributed by atoms with E-state index in [1.54, 1.807) is 0 Å². The van der Waals surface area contributed by atoms with Gasteiger partial charge in [-0.1, -0.05) is 12.0 Å².